The first-order valence-corrected chi connectivity index (χ1v) is 6.83. The molecule has 0 saturated heterocycles. The summed E-state index contributed by atoms with van der Waals surface area (Å²) < 4.78 is 11.2. The summed E-state index contributed by atoms with van der Waals surface area (Å²) >= 11 is 0. The number of hydrogen-bond acceptors (Lipinski definition) is 2. The fourth-order valence-electron chi connectivity index (χ4n) is 1.33. The third-order valence-corrected chi connectivity index (χ3v) is 3.32. The molecule has 0 aliphatic carbocycles. The fraction of sp³-hybridized carbons (Fsp3) is 1.00. The second kappa shape index (κ2) is 10.1. The van der Waals surface area contributed by atoms with Crippen molar-refractivity contribution in [3.05, 3.63) is 0 Å². The molecule has 0 saturated carbocycles. The lowest BCUT2D eigenvalue weighted by Crippen LogP contribution is -2.16. The van der Waals surface area contributed by atoms with Crippen LogP contribution in [-0.2, 0) is 9.47 Å². The van der Waals surface area contributed by atoms with Crippen LogP contribution in [0.25, 0.3) is 0 Å². The van der Waals surface area contributed by atoms with Crippen LogP contribution in [0.4, 0.5) is 0 Å². The average molecular weight is 230 g/mol. The van der Waals surface area contributed by atoms with Crippen molar-refractivity contribution in [2.45, 2.75) is 66.6 Å². The van der Waals surface area contributed by atoms with Crippen molar-refractivity contribution >= 4 is 0 Å². The lowest BCUT2D eigenvalue weighted by molar-refractivity contribution is -0.134. The molecule has 0 aliphatic rings. The van der Waals surface area contributed by atoms with E-state index in [1.165, 1.54) is 12.8 Å². The van der Waals surface area contributed by atoms with E-state index in [9.17, 15) is 0 Å². The van der Waals surface area contributed by atoms with Crippen LogP contribution in [0, 0.1) is 11.8 Å². The second-order valence-electron chi connectivity index (χ2n) is 4.91. The zero-order valence-corrected chi connectivity index (χ0v) is 11.8. The highest BCUT2D eigenvalue weighted by molar-refractivity contribution is 4.50. The van der Waals surface area contributed by atoms with E-state index >= 15 is 0 Å². The number of ether oxygens (including phenoxy) is 2. The third kappa shape index (κ3) is 9.17. The molecule has 0 aliphatic heterocycles. The van der Waals surface area contributed by atoms with Crippen LogP contribution >= 0.6 is 0 Å². The van der Waals surface area contributed by atoms with Gasteiger partial charge in [0.1, 0.15) is 0 Å². The Bertz CT molecular complexity index is 132. The quantitative estimate of drug-likeness (QED) is 0.523. The van der Waals surface area contributed by atoms with Gasteiger partial charge in [0.2, 0.25) is 0 Å². The Labute approximate surface area is 102 Å². The molecule has 0 fully saturated rings. The average Bonchev–Trinajstić information content (AvgIpc) is 2.28. The molecule has 0 bridgehead atoms. The molecular weight excluding hydrogens is 200 g/mol. The van der Waals surface area contributed by atoms with Crippen LogP contribution in [0.3, 0.4) is 0 Å². The van der Waals surface area contributed by atoms with Crippen LogP contribution in [0.1, 0.15) is 60.3 Å². The fourth-order valence-corrected chi connectivity index (χ4v) is 1.33. The van der Waals surface area contributed by atoms with E-state index in [4.69, 9.17) is 9.47 Å². The Hall–Kier alpha value is -0.0800. The highest BCUT2D eigenvalue weighted by atomic mass is 16.7. The van der Waals surface area contributed by atoms with Crippen molar-refractivity contribution in [2.24, 2.45) is 11.8 Å². The minimum atomic E-state index is -0.0480. The largest absolute Gasteiger partial charge is 0.353 e. The molecule has 0 aromatic carbocycles. The number of hydrogen-bond donors (Lipinski definition) is 0. The number of rotatable bonds is 10. The Kier molecular flexibility index (Phi) is 10.0. The highest BCUT2D eigenvalue weighted by Gasteiger charge is 2.05. The van der Waals surface area contributed by atoms with Crippen LogP contribution in [-0.4, -0.2) is 19.5 Å². The van der Waals surface area contributed by atoms with Crippen LogP contribution in [0.5, 0.6) is 0 Å². The summed E-state index contributed by atoms with van der Waals surface area (Å²) in [6.45, 7) is 12.6. The molecule has 2 heteroatoms. The third-order valence-electron chi connectivity index (χ3n) is 3.32. The van der Waals surface area contributed by atoms with Crippen LogP contribution < -0.4 is 0 Å². The van der Waals surface area contributed by atoms with Gasteiger partial charge in [-0.1, -0.05) is 40.5 Å². The minimum Gasteiger partial charge on any atom is -0.353 e. The normalized spacial score (nSPS) is 17.1. The second-order valence-corrected chi connectivity index (χ2v) is 4.91. The smallest absolute Gasteiger partial charge is 0.154 e. The molecule has 0 heterocycles. The van der Waals surface area contributed by atoms with E-state index in [1.807, 2.05) is 6.92 Å². The molecule has 0 aromatic heterocycles. The molecule has 0 spiro atoms. The summed E-state index contributed by atoms with van der Waals surface area (Å²) in [7, 11) is 0. The molecule has 0 amide bonds. The molecule has 0 radical (unpaired) electrons. The first-order chi connectivity index (χ1) is 7.60. The minimum absolute atomic E-state index is 0.0480. The SMILES string of the molecule is CCC(C)CCOC(C)OCCC(C)CC. The van der Waals surface area contributed by atoms with Gasteiger partial charge in [0.15, 0.2) is 6.29 Å². The molecule has 0 rings (SSSR count). The van der Waals surface area contributed by atoms with E-state index in [2.05, 4.69) is 27.7 Å². The Balaban J connectivity index is 3.34. The first-order valence-electron chi connectivity index (χ1n) is 6.83. The molecular formula is C14H30O2. The van der Waals surface area contributed by atoms with Crippen molar-refractivity contribution in [2.75, 3.05) is 13.2 Å². The van der Waals surface area contributed by atoms with E-state index in [1.54, 1.807) is 0 Å². The van der Waals surface area contributed by atoms with Crippen LogP contribution in [0.15, 0.2) is 0 Å². The van der Waals surface area contributed by atoms with Gasteiger partial charge in [-0.25, -0.2) is 0 Å². The summed E-state index contributed by atoms with van der Waals surface area (Å²) in [5.41, 5.74) is 0. The van der Waals surface area contributed by atoms with E-state index in [-0.39, 0.29) is 6.29 Å². The van der Waals surface area contributed by atoms with Gasteiger partial charge in [0.05, 0.1) is 0 Å². The summed E-state index contributed by atoms with van der Waals surface area (Å²) in [6.07, 6.45) is 4.68. The lowest BCUT2D eigenvalue weighted by Gasteiger charge is -2.16. The highest BCUT2D eigenvalue weighted by Crippen LogP contribution is 2.09. The summed E-state index contributed by atoms with van der Waals surface area (Å²) in [5, 5.41) is 0. The van der Waals surface area contributed by atoms with Gasteiger partial charge in [-0.05, 0) is 31.6 Å². The summed E-state index contributed by atoms with van der Waals surface area (Å²) in [6, 6.07) is 0. The van der Waals surface area contributed by atoms with Crippen molar-refractivity contribution in [3.8, 4) is 0 Å². The molecule has 98 valence electrons. The van der Waals surface area contributed by atoms with Crippen molar-refractivity contribution in [3.63, 3.8) is 0 Å². The van der Waals surface area contributed by atoms with Crippen LogP contribution in [0.2, 0.25) is 0 Å². The van der Waals surface area contributed by atoms with Gasteiger partial charge in [-0.3, -0.25) is 0 Å². The van der Waals surface area contributed by atoms with E-state index in [0.717, 1.165) is 37.9 Å². The zero-order valence-electron chi connectivity index (χ0n) is 11.8. The molecule has 2 unspecified atom stereocenters. The van der Waals surface area contributed by atoms with E-state index in [0.29, 0.717) is 0 Å². The zero-order chi connectivity index (χ0) is 12.4. The predicted octanol–water partition coefficient (Wildman–Crippen LogP) is 4.24. The van der Waals surface area contributed by atoms with Gasteiger partial charge in [0.25, 0.3) is 0 Å². The standard InChI is InChI=1S/C14H30O2/c1-6-12(3)8-10-15-14(5)16-11-9-13(4)7-2/h12-14H,6-11H2,1-5H3. The van der Waals surface area contributed by atoms with Crippen molar-refractivity contribution < 1.29 is 9.47 Å². The van der Waals surface area contributed by atoms with Gasteiger partial charge >= 0.3 is 0 Å². The summed E-state index contributed by atoms with van der Waals surface area (Å²) in [4.78, 5) is 0. The Morgan fingerprint density at radius 2 is 1.12 bits per heavy atom. The lowest BCUT2D eigenvalue weighted by atomic mass is 10.1. The van der Waals surface area contributed by atoms with Crippen molar-refractivity contribution in [1.29, 1.82) is 0 Å². The monoisotopic (exact) mass is 230 g/mol. The Morgan fingerprint density at radius 1 is 0.750 bits per heavy atom. The maximum atomic E-state index is 5.61. The molecule has 0 N–H and O–H groups in total. The maximum absolute atomic E-state index is 5.61. The maximum Gasteiger partial charge on any atom is 0.154 e. The van der Waals surface area contributed by atoms with Gasteiger partial charge in [-0.2, -0.15) is 0 Å². The molecule has 2 atom stereocenters. The predicted molar refractivity (Wildman–Crippen MR) is 69.5 cm³/mol. The van der Waals surface area contributed by atoms with Gasteiger partial charge in [0, 0.05) is 13.2 Å². The molecule has 16 heavy (non-hydrogen) atoms. The van der Waals surface area contributed by atoms with Gasteiger partial charge in [-0.15, -0.1) is 0 Å². The molecule has 0 aromatic rings. The topological polar surface area (TPSA) is 18.5 Å². The van der Waals surface area contributed by atoms with E-state index < -0.39 is 0 Å². The Morgan fingerprint density at radius 3 is 1.44 bits per heavy atom. The molecule has 2 nitrogen and oxygen atoms in total. The summed E-state index contributed by atoms with van der Waals surface area (Å²) in [5.74, 6) is 1.51. The van der Waals surface area contributed by atoms with Crippen molar-refractivity contribution in [1.82, 2.24) is 0 Å². The first kappa shape index (κ1) is 15.9. The van der Waals surface area contributed by atoms with Gasteiger partial charge < -0.3 is 9.47 Å².